The lowest BCUT2D eigenvalue weighted by molar-refractivity contribution is -0.137. The highest BCUT2D eigenvalue weighted by Gasteiger charge is 2.30. The number of benzene rings is 3. The molecule has 168 valence electrons. The summed E-state index contributed by atoms with van der Waals surface area (Å²) in [6.45, 7) is 2.42. The van der Waals surface area contributed by atoms with E-state index in [1.807, 2.05) is 42.5 Å². The van der Waals surface area contributed by atoms with Gasteiger partial charge in [-0.15, -0.1) is 0 Å². The number of hydrogen-bond donors (Lipinski definition) is 0. The van der Waals surface area contributed by atoms with E-state index in [0.717, 1.165) is 53.7 Å². The molecule has 4 aromatic rings. The van der Waals surface area contributed by atoms with Gasteiger partial charge in [0.15, 0.2) is 0 Å². The van der Waals surface area contributed by atoms with E-state index in [1.54, 1.807) is 4.57 Å². The van der Waals surface area contributed by atoms with Crippen LogP contribution in [0.15, 0.2) is 83.7 Å². The number of fused-ring (bicyclic) bond motifs is 3. The minimum absolute atomic E-state index is 0.0682. The topological polar surface area (TPSA) is 25.2 Å². The molecule has 3 nitrogen and oxygen atoms in total. The van der Waals surface area contributed by atoms with E-state index in [4.69, 9.17) is 0 Å². The Balaban J connectivity index is 1.52. The van der Waals surface area contributed by atoms with Gasteiger partial charge in [0.2, 0.25) is 0 Å². The van der Waals surface area contributed by atoms with Crippen molar-refractivity contribution in [2.24, 2.45) is 0 Å². The Bertz CT molecular complexity index is 1340. The third-order valence-corrected chi connectivity index (χ3v) is 6.32. The fraction of sp³-hybridized carbons (Fsp3) is 0.222. The van der Waals surface area contributed by atoms with Crippen LogP contribution in [0.1, 0.15) is 27.8 Å². The highest BCUT2D eigenvalue weighted by molar-refractivity contribution is 5.84. The zero-order chi connectivity index (χ0) is 23.0. The first-order valence-corrected chi connectivity index (χ1v) is 11.0. The lowest BCUT2D eigenvalue weighted by Crippen LogP contribution is -2.37. The lowest BCUT2D eigenvalue weighted by Gasteiger charge is -2.30. The second kappa shape index (κ2) is 8.52. The molecule has 6 heteroatoms. The van der Waals surface area contributed by atoms with E-state index in [2.05, 4.69) is 17.0 Å². The summed E-state index contributed by atoms with van der Waals surface area (Å²) >= 11 is 0. The van der Waals surface area contributed by atoms with Gasteiger partial charge in [-0.05, 0) is 41.3 Å². The first-order chi connectivity index (χ1) is 15.9. The van der Waals surface area contributed by atoms with Crippen LogP contribution in [0.4, 0.5) is 13.2 Å². The zero-order valence-corrected chi connectivity index (χ0v) is 18.0. The largest absolute Gasteiger partial charge is 0.416 e. The fourth-order valence-corrected chi connectivity index (χ4v) is 4.66. The van der Waals surface area contributed by atoms with Crippen LogP contribution in [0.5, 0.6) is 0 Å². The fourth-order valence-electron chi connectivity index (χ4n) is 4.66. The minimum atomic E-state index is -4.38. The first-order valence-electron chi connectivity index (χ1n) is 11.0. The van der Waals surface area contributed by atoms with Gasteiger partial charge >= 0.3 is 6.18 Å². The van der Waals surface area contributed by atoms with Crippen molar-refractivity contribution in [2.45, 2.75) is 32.2 Å². The van der Waals surface area contributed by atoms with Crippen molar-refractivity contribution < 1.29 is 13.2 Å². The predicted molar refractivity (Wildman–Crippen MR) is 123 cm³/mol. The molecule has 0 amide bonds. The molecule has 5 rings (SSSR count). The summed E-state index contributed by atoms with van der Waals surface area (Å²) in [5, 5.41) is 1.04. The van der Waals surface area contributed by atoms with E-state index in [1.165, 1.54) is 17.7 Å². The van der Waals surface area contributed by atoms with Crippen LogP contribution in [0, 0.1) is 0 Å². The van der Waals surface area contributed by atoms with Crippen molar-refractivity contribution in [3.63, 3.8) is 0 Å². The van der Waals surface area contributed by atoms with E-state index < -0.39 is 11.7 Å². The van der Waals surface area contributed by atoms with Gasteiger partial charge in [0.05, 0.1) is 17.6 Å². The third kappa shape index (κ3) is 4.31. The maximum absolute atomic E-state index is 13.6. The smallest absolute Gasteiger partial charge is 0.304 e. The molecule has 0 saturated heterocycles. The third-order valence-electron chi connectivity index (χ3n) is 6.32. The molecule has 33 heavy (non-hydrogen) atoms. The molecule has 0 radical (unpaired) electrons. The Morgan fingerprint density at radius 3 is 2.15 bits per heavy atom. The molecule has 0 bridgehead atoms. The van der Waals surface area contributed by atoms with Crippen LogP contribution in [0.3, 0.4) is 0 Å². The standard InChI is InChI=1S/C27H23F3N2O/c28-27(29,30)21-12-10-20(11-13-21)17-32-25-9-5-4-8-23(25)22-14-15-31(18-24(22)26(32)33)16-19-6-2-1-3-7-19/h1-13H,14-18H2. The molecule has 1 aromatic heterocycles. The van der Waals surface area contributed by atoms with Gasteiger partial charge in [-0.25, -0.2) is 0 Å². The molecule has 1 aliphatic rings. The number of pyridine rings is 1. The summed E-state index contributed by atoms with van der Waals surface area (Å²) in [6.07, 6.45) is -3.59. The number of rotatable bonds is 4. The van der Waals surface area contributed by atoms with Crippen molar-refractivity contribution in [1.29, 1.82) is 0 Å². The number of alkyl halides is 3. The molecule has 0 atom stereocenters. The molecule has 2 heterocycles. The van der Waals surface area contributed by atoms with Crippen LogP contribution in [-0.4, -0.2) is 16.0 Å². The summed E-state index contributed by atoms with van der Waals surface area (Å²) in [6, 6.07) is 23.0. The van der Waals surface area contributed by atoms with E-state index in [9.17, 15) is 18.0 Å². The van der Waals surface area contributed by atoms with Gasteiger partial charge in [-0.1, -0.05) is 60.7 Å². The number of aromatic nitrogens is 1. The molecule has 3 aromatic carbocycles. The normalized spacial score (nSPS) is 14.4. The summed E-state index contributed by atoms with van der Waals surface area (Å²) in [7, 11) is 0. The maximum Gasteiger partial charge on any atom is 0.416 e. The average Bonchev–Trinajstić information content (AvgIpc) is 2.82. The number of para-hydroxylation sites is 1. The summed E-state index contributed by atoms with van der Waals surface area (Å²) in [5.74, 6) is 0. The molecule has 0 fully saturated rings. The van der Waals surface area contributed by atoms with Crippen LogP contribution in [0.2, 0.25) is 0 Å². The van der Waals surface area contributed by atoms with Crippen LogP contribution < -0.4 is 5.56 Å². The highest BCUT2D eigenvalue weighted by Crippen LogP contribution is 2.30. The van der Waals surface area contributed by atoms with Gasteiger partial charge < -0.3 is 4.57 Å². The molecule has 0 aliphatic carbocycles. The Morgan fingerprint density at radius 1 is 0.758 bits per heavy atom. The lowest BCUT2D eigenvalue weighted by atomic mass is 9.95. The number of hydrogen-bond acceptors (Lipinski definition) is 2. The Kier molecular flexibility index (Phi) is 5.54. The first kappa shape index (κ1) is 21.5. The van der Waals surface area contributed by atoms with Gasteiger partial charge in [0, 0.05) is 30.6 Å². The van der Waals surface area contributed by atoms with Crippen molar-refractivity contribution in [3.8, 4) is 0 Å². The molecular weight excluding hydrogens is 425 g/mol. The van der Waals surface area contributed by atoms with Gasteiger partial charge in [0.25, 0.3) is 5.56 Å². The van der Waals surface area contributed by atoms with Gasteiger partial charge in [0.1, 0.15) is 0 Å². The number of nitrogens with zero attached hydrogens (tertiary/aromatic N) is 2. The Morgan fingerprint density at radius 2 is 1.42 bits per heavy atom. The summed E-state index contributed by atoms with van der Waals surface area (Å²) < 4.78 is 40.5. The predicted octanol–water partition coefficient (Wildman–Crippen LogP) is 5.63. The van der Waals surface area contributed by atoms with E-state index in [0.29, 0.717) is 12.1 Å². The monoisotopic (exact) mass is 448 g/mol. The quantitative estimate of drug-likeness (QED) is 0.405. The van der Waals surface area contributed by atoms with E-state index >= 15 is 0 Å². The van der Waals surface area contributed by atoms with Crippen molar-refractivity contribution in [1.82, 2.24) is 9.47 Å². The van der Waals surface area contributed by atoms with Gasteiger partial charge in [-0.3, -0.25) is 9.69 Å². The second-order valence-corrected chi connectivity index (χ2v) is 8.51. The van der Waals surface area contributed by atoms with E-state index in [-0.39, 0.29) is 12.1 Å². The summed E-state index contributed by atoms with van der Waals surface area (Å²) in [5.41, 5.74) is 3.79. The summed E-state index contributed by atoms with van der Waals surface area (Å²) in [4.78, 5) is 15.9. The molecule has 0 saturated carbocycles. The highest BCUT2D eigenvalue weighted by atomic mass is 19.4. The number of halogens is 3. The molecular formula is C27H23F3N2O. The molecule has 1 aliphatic heterocycles. The Labute approximate surface area is 189 Å². The second-order valence-electron chi connectivity index (χ2n) is 8.51. The Hall–Kier alpha value is -3.38. The van der Waals surface area contributed by atoms with Crippen molar-refractivity contribution >= 4 is 10.9 Å². The van der Waals surface area contributed by atoms with Crippen molar-refractivity contribution in [3.05, 3.63) is 117 Å². The minimum Gasteiger partial charge on any atom is -0.304 e. The SMILES string of the molecule is O=c1c2c(c3ccccc3n1Cc1ccc(C(F)(F)F)cc1)CCN(Cc1ccccc1)C2. The molecule has 0 spiro atoms. The van der Waals surface area contributed by atoms with Crippen LogP contribution in [-0.2, 0) is 32.2 Å². The van der Waals surface area contributed by atoms with Crippen LogP contribution in [0.25, 0.3) is 10.9 Å². The molecule has 0 unspecified atom stereocenters. The zero-order valence-electron chi connectivity index (χ0n) is 18.0. The van der Waals surface area contributed by atoms with Crippen molar-refractivity contribution in [2.75, 3.05) is 6.54 Å². The van der Waals surface area contributed by atoms with Crippen LogP contribution >= 0.6 is 0 Å². The molecule has 0 N–H and O–H groups in total. The maximum atomic E-state index is 13.6. The average molecular weight is 448 g/mol. The van der Waals surface area contributed by atoms with Gasteiger partial charge in [-0.2, -0.15) is 13.2 Å².